The fourth-order valence-electron chi connectivity index (χ4n) is 2.54. The summed E-state index contributed by atoms with van der Waals surface area (Å²) in [5.74, 6) is -0.00503. The number of hydrogen-bond donors (Lipinski definition) is 1. The van der Waals surface area contributed by atoms with Gasteiger partial charge in [0.25, 0.3) is 5.91 Å². The molecule has 0 fully saturated rings. The summed E-state index contributed by atoms with van der Waals surface area (Å²) in [4.78, 5) is 14.3. The number of anilines is 1. The van der Waals surface area contributed by atoms with E-state index < -0.39 is 0 Å². The van der Waals surface area contributed by atoms with E-state index in [4.69, 9.17) is 28.9 Å². The second-order valence-electron chi connectivity index (χ2n) is 5.13. The Kier molecular flexibility index (Phi) is 3.79. The first-order chi connectivity index (χ1) is 10.0. The predicted molar refractivity (Wildman–Crippen MR) is 85.8 cm³/mol. The van der Waals surface area contributed by atoms with Gasteiger partial charge in [-0.15, -0.1) is 0 Å². The van der Waals surface area contributed by atoms with Gasteiger partial charge in [-0.25, -0.2) is 0 Å². The van der Waals surface area contributed by atoms with Crippen LogP contribution in [0, 0.1) is 0 Å². The average Bonchev–Trinajstić information content (AvgIpc) is 2.45. The molecule has 0 saturated heterocycles. The minimum absolute atomic E-state index is 0.00503. The molecule has 108 valence electrons. The average molecular weight is 321 g/mol. The zero-order valence-electron chi connectivity index (χ0n) is 11.3. The molecule has 2 aromatic rings. The van der Waals surface area contributed by atoms with E-state index in [0.29, 0.717) is 34.4 Å². The summed E-state index contributed by atoms with van der Waals surface area (Å²) >= 11 is 12.1. The lowest BCUT2D eigenvalue weighted by Gasteiger charge is -2.29. The third kappa shape index (κ3) is 2.85. The second-order valence-corrected chi connectivity index (χ2v) is 5.97. The van der Waals surface area contributed by atoms with E-state index in [-0.39, 0.29) is 5.91 Å². The Hall–Kier alpha value is -1.71. The van der Waals surface area contributed by atoms with Crippen molar-refractivity contribution >= 4 is 34.8 Å². The van der Waals surface area contributed by atoms with Crippen molar-refractivity contribution < 1.29 is 4.79 Å². The molecule has 0 spiro atoms. The van der Waals surface area contributed by atoms with Crippen LogP contribution < -0.4 is 5.73 Å². The van der Waals surface area contributed by atoms with Crippen LogP contribution in [0.2, 0.25) is 10.0 Å². The number of benzene rings is 2. The van der Waals surface area contributed by atoms with Gasteiger partial charge in [-0.2, -0.15) is 0 Å². The number of amides is 1. The molecular formula is C16H14Cl2N2O. The first-order valence-electron chi connectivity index (χ1n) is 6.66. The Labute approximate surface area is 133 Å². The first kappa shape index (κ1) is 14.2. The predicted octanol–water partition coefficient (Wildman–Crippen LogP) is 3.77. The van der Waals surface area contributed by atoms with Crippen molar-refractivity contribution in [1.82, 2.24) is 4.90 Å². The van der Waals surface area contributed by atoms with Crippen molar-refractivity contribution in [3.8, 4) is 0 Å². The highest BCUT2D eigenvalue weighted by Crippen LogP contribution is 2.26. The molecule has 1 aliphatic rings. The van der Waals surface area contributed by atoms with E-state index in [2.05, 4.69) is 0 Å². The van der Waals surface area contributed by atoms with Crippen LogP contribution in [-0.4, -0.2) is 17.4 Å². The van der Waals surface area contributed by atoms with E-state index in [0.717, 1.165) is 17.5 Å². The van der Waals surface area contributed by atoms with Crippen molar-refractivity contribution in [3.05, 3.63) is 63.1 Å². The van der Waals surface area contributed by atoms with Gasteiger partial charge in [0.2, 0.25) is 0 Å². The molecule has 0 bridgehead atoms. The van der Waals surface area contributed by atoms with Crippen molar-refractivity contribution in [2.24, 2.45) is 0 Å². The Morgan fingerprint density at radius 1 is 1.14 bits per heavy atom. The van der Waals surface area contributed by atoms with Gasteiger partial charge in [0.15, 0.2) is 0 Å². The van der Waals surface area contributed by atoms with E-state index in [9.17, 15) is 4.79 Å². The number of nitrogens with zero attached hydrogens (tertiary/aromatic N) is 1. The molecule has 0 saturated carbocycles. The normalized spacial score (nSPS) is 14.2. The monoisotopic (exact) mass is 320 g/mol. The zero-order chi connectivity index (χ0) is 15.0. The summed E-state index contributed by atoms with van der Waals surface area (Å²) in [7, 11) is 0. The number of nitrogens with two attached hydrogens (primary N) is 1. The highest BCUT2D eigenvalue weighted by Gasteiger charge is 2.24. The summed E-state index contributed by atoms with van der Waals surface area (Å²) in [5.41, 5.74) is 9.01. The van der Waals surface area contributed by atoms with Gasteiger partial charge < -0.3 is 10.6 Å². The molecule has 5 heteroatoms. The molecule has 21 heavy (non-hydrogen) atoms. The number of hydrogen-bond acceptors (Lipinski definition) is 2. The summed E-state index contributed by atoms with van der Waals surface area (Å²) in [6, 6.07) is 10.8. The standard InChI is InChI=1S/C16H14Cl2N2O/c17-12-3-1-11(15(18)7-12)9-20-6-5-10-2-4-13(19)8-14(10)16(20)21/h1-4,7-8H,5-6,9,19H2. The number of carbonyl (C=O) groups excluding carboxylic acids is 1. The van der Waals surface area contributed by atoms with Gasteiger partial charge in [-0.1, -0.05) is 35.3 Å². The van der Waals surface area contributed by atoms with Crippen LogP contribution in [0.4, 0.5) is 5.69 Å². The molecule has 0 radical (unpaired) electrons. The Morgan fingerprint density at radius 2 is 1.95 bits per heavy atom. The maximum atomic E-state index is 12.6. The molecule has 1 aliphatic heterocycles. The number of nitrogen functional groups attached to an aromatic ring is 1. The fraction of sp³-hybridized carbons (Fsp3) is 0.188. The van der Waals surface area contributed by atoms with E-state index in [1.54, 1.807) is 23.1 Å². The number of halogens is 2. The van der Waals surface area contributed by atoms with Crippen molar-refractivity contribution in [2.75, 3.05) is 12.3 Å². The largest absolute Gasteiger partial charge is 0.399 e. The number of fused-ring (bicyclic) bond motifs is 1. The lowest BCUT2D eigenvalue weighted by molar-refractivity contribution is 0.0727. The molecule has 0 aromatic heterocycles. The fourth-order valence-corrected chi connectivity index (χ4v) is 3.01. The minimum Gasteiger partial charge on any atom is -0.399 e. The highest BCUT2D eigenvalue weighted by atomic mass is 35.5. The van der Waals surface area contributed by atoms with Gasteiger partial charge in [-0.05, 0) is 41.8 Å². The molecule has 2 aromatic carbocycles. The topological polar surface area (TPSA) is 46.3 Å². The van der Waals surface area contributed by atoms with Gasteiger partial charge >= 0.3 is 0 Å². The molecule has 1 amide bonds. The Morgan fingerprint density at radius 3 is 2.71 bits per heavy atom. The SMILES string of the molecule is Nc1ccc2c(c1)C(=O)N(Cc1ccc(Cl)cc1Cl)CC2. The number of carbonyl (C=O) groups is 1. The highest BCUT2D eigenvalue weighted by molar-refractivity contribution is 6.35. The van der Waals surface area contributed by atoms with Crippen LogP contribution in [0.1, 0.15) is 21.5 Å². The van der Waals surface area contributed by atoms with Gasteiger partial charge in [0.05, 0.1) is 0 Å². The van der Waals surface area contributed by atoms with E-state index >= 15 is 0 Å². The summed E-state index contributed by atoms with van der Waals surface area (Å²) in [5, 5.41) is 1.17. The van der Waals surface area contributed by atoms with Gasteiger partial charge in [0, 0.05) is 34.4 Å². The third-order valence-corrected chi connectivity index (χ3v) is 4.27. The van der Waals surface area contributed by atoms with Crippen LogP contribution in [0.5, 0.6) is 0 Å². The smallest absolute Gasteiger partial charge is 0.254 e. The van der Waals surface area contributed by atoms with Crippen molar-refractivity contribution in [3.63, 3.8) is 0 Å². The molecule has 2 N–H and O–H groups in total. The minimum atomic E-state index is -0.00503. The van der Waals surface area contributed by atoms with Crippen LogP contribution >= 0.6 is 23.2 Å². The Bertz CT molecular complexity index is 715. The maximum absolute atomic E-state index is 12.6. The maximum Gasteiger partial charge on any atom is 0.254 e. The molecule has 0 aliphatic carbocycles. The first-order valence-corrected chi connectivity index (χ1v) is 7.42. The van der Waals surface area contributed by atoms with E-state index in [1.807, 2.05) is 18.2 Å². The second kappa shape index (κ2) is 5.58. The zero-order valence-corrected chi connectivity index (χ0v) is 12.8. The Balaban J connectivity index is 1.86. The van der Waals surface area contributed by atoms with Crippen molar-refractivity contribution in [2.45, 2.75) is 13.0 Å². The van der Waals surface area contributed by atoms with Crippen LogP contribution in [0.3, 0.4) is 0 Å². The van der Waals surface area contributed by atoms with Gasteiger partial charge in [0.1, 0.15) is 0 Å². The van der Waals surface area contributed by atoms with Crippen molar-refractivity contribution in [1.29, 1.82) is 0 Å². The molecule has 0 atom stereocenters. The van der Waals surface area contributed by atoms with E-state index in [1.165, 1.54) is 0 Å². The molecule has 3 rings (SSSR count). The lowest BCUT2D eigenvalue weighted by Crippen LogP contribution is -2.37. The van der Waals surface area contributed by atoms with Crippen LogP contribution in [0.25, 0.3) is 0 Å². The van der Waals surface area contributed by atoms with Crippen LogP contribution in [0.15, 0.2) is 36.4 Å². The summed E-state index contributed by atoms with van der Waals surface area (Å²) < 4.78 is 0. The summed E-state index contributed by atoms with van der Waals surface area (Å²) in [6.45, 7) is 1.15. The summed E-state index contributed by atoms with van der Waals surface area (Å²) in [6.07, 6.45) is 0.826. The quantitative estimate of drug-likeness (QED) is 0.856. The molecular weight excluding hydrogens is 307 g/mol. The third-order valence-electron chi connectivity index (χ3n) is 3.68. The molecule has 0 unspecified atom stereocenters. The molecule has 1 heterocycles. The molecule has 3 nitrogen and oxygen atoms in total. The number of rotatable bonds is 2. The lowest BCUT2D eigenvalue weighted by atomic mass is 9.98. The van der Waals surface area contributed by atoms with Gasteiger partial charge in [-0.3, -0.25) is 4.79 Å². The van der Waals surface area contributed by atoms with Crippen LogP contribution in [-0.2, 0) is 13.0 Å².